The molecule has 2 rings (SSSR count). The maximum absolute atomic E-state index is 12.2. The Morgan fingerprint density at radius 3 is 2.75 bits per heavy atom. The van der Waals surface area contributed by atoms with E-state index in [1.807, 2.05) is 0 Å². The minimum absolute atomic E-state index is 0.0559. The van der Waals surface area contributed by atoms with Gasteiger partial charge >= 0.3 is 5.97 Å². The van der Waals surface area contributed by atoms with E-state index in [-0.39, 0.29) is 23.4 Å². The van der Waals surface area contributed by atoms with Crippen molar-refractivity contribution < 1.29 is 14.7 Å². The lowest BCUT2D eigenvalue weighted by Crippen LogP contribution is -2.34. The van der Waals surface area contributed by atoms with E-state index in [1.165, 1.54) is 18.2 Å². The van der Waals surface area contributed by atoms with E-state index in [0.717, 1.165) is 19.3 Å². The van der Waals surface area contributed by atoms with Crippen molar-refractivity contribution in [3.05, 3.63) is 28.8 Å². The van der Waals surface area contributed by atoms with Crippen LogP contribution in [0.15, 0.2) is 18.2 Å². The number of nitrogens with one attached hydrogen (secondary N) is 1. The number of hydrogen-bond donors (Lipinski definition) is 3. The van der Waals surface area contributed by atoms with Gasteiger partial charge in [-0.15, -0.1) is 0 Å². The van der Waals surface area contributed by atoms with Crippen LogP contribution >= 0.6 is 11.6 Å². The van der Waals surface area contributed by atoms with Crippen molar-refractivity contribution in [1.82, 2.24) is 0 Å². The SMILES string of the molecule is NC1CCCC(C(=O)Nc2cc(C(=O)O)ccc2Cl)C1. The summed E-state index contributed by atoms with van der Waals surface area (Å²) >= 11 is 5.98. The molecule has 4 N–H and O–H groups in total. The Labute approximate surface area is 122 Å². The molecule has 20 heavy (non-hydrogen) atoms. The molecule has 0 spiro atoms. The molecule has 1 aromatic rings. The molecule has 0 bridgehead atoms. The second kappa shape index (κ2) is 6.24. The van der Waals surface area contributed by atoms with Crippen molar-refractivity contribution in [2.45, 2.75) is 31.7 Å². The summed E-state index contributed by atoms with van der Waals surface area (Å²) in [6.07, 6.45) is 3.33. The molecule has 108 valence electrons. The normalized spacial score (nSPS) is 22.3. The third-order valence-corrected chi connectivity index (χ3v) is 3.89. The van der Waals surface area contributed by atoms with Gasteiger partial charge in [-0.05, 0) is 37.5 Å². The molecular weight excluding hydrogens is 280 g/mol. The number of carboxylic acid groups (broad SMARTS) is 1. The number of carbonyl (C=O) groups excluding carboxylic acids is 1. The fourth-order valence-electron chi connectivity index (χ4n) is 2.45. The van der Waals surface area contributed by atoms with E-state index in [4.69, 9.17) is 22.4 Å². The van der Waals surface area contributed by atoms with Crippen molar-refractivity contribution in [2.75, 3.05) is 5.32 Å². The van der Waals surface area contributed by atoms with E-state index >= 15 is 0 Å². The average Bonchev–Trinajstić information content (AvgIpc) is 2.41. The molecule has 0 radical (unpaired) electrons. The van der Waals surface area contributed by atoms with Gasteiger partial charge in [0.25, 0.3) is 0 Å². The van der Waals surface area contributed by atoms with Crippen molar-refractivity contribution in [3.8, 4) is 0 Å². The third-order valence-electron chi connectivity index (χ3n) is 3.56. The van der Waals surface area contributed by atoms with Crippen LogP contribution in [0, 0.1) is 5.92 Å². The first-order valence-electron chi connectivity index (χ1n) is 6.56. The number of benzene rings is 1. The summed E-state index contributed by atoms with van der Waals surface area (Å²) in [5, 5.41) is 12.0. The molecule has 2 atom stereocenters. The lowest BCUT2D eigenvalue weighted by atomic mass is 9.85. The van der Waals surface area contributed by atoms with Gasteiger partial charge in [-0.1, -0.05) is 18.0 Å². The molecule has 1 saturated carbocycles. The van der Waals surface area contributed by atoms with Gasteiger partial charge in [-0.3, -0.25) is 4.79 Å². The standard InChI is InChI=1S/C14H17ClN2O3/c15-11-5-4-9(14(19)20)7-12(11)17-13(18)8-2-1-3-10(16)6-8/h4-5,7-8,10H,1-3,6,16H2,(H,17,18)(H,19,20). The van der Waals surface area contributed by atoms with Crippen LogP contribution in [-0.4, -0.2) is 23.0 Å². The minimum Gasteiger partial charge on any atom is -0.478 e. The van der Waals surface area contributed by atoms with Crippen LogP contribution in [0.2, 0.25) is 5.02 Å². The lowest BCUT2D eigenvalue weighted by molar-refractivity contribution is -0.120. The number of carbonyl (C=O) groups is 2. The zero-order valence-electron chi connectivity index (χ0n) is 10.9. The smallest absolute Gasteiger partial charge is 0.335 e. The number of hydrogen-bond acceptors (Lipinski definition) is 3. The van der Waals surface area contributed by atoms with E-state index < -0.39 is 5.97 Å². The Hall–Kier alpha value is -1.59. The zero-order valence-corrected chi connectivity index (χ0v) is 11.7. The minimum atomic E-state index is -1.06. The number of anilines is 1. The maximum atomic E-state index is 12.2. The molecule has 0 aromatic heterocycles. The van der Waals surface area contributed by atoms with Crippen LogP contribution in [0.1, 0.15) is 36.0 Å². The first-order chi connectivity index (χ1) is 9.47. The monoisotopic (exact) mass is 296 g/mol. The van der Waals surface area contributed by atoms with Gasteiger partial charge in [0.1, 0.15) is 0 Å². The first-order valence-corrected chi connectivity index (χ1v) is 6.94. The van der Waals surface area contributed by atoms with Gasteiger partial charge in [0, 0.05) is 12.0 Å². The fraction of sp³-hybridized carbons (Fsp3) is 0.429. The maximum Gasteiger partial charge on any atom is 0.335 e. The van der Waals surface area contributed by atoms with Crippen LogP contribution < -0.4 is 11.1 Å². The lowest BCUT2D eigenvalue weighted by Gasteiger charge is -2.25. The summed E-state index contributed by atoms with van der Waals surface area (Å²) in [6.45, 7) is 0. The van der Waals surface area contributed by atoms with Crippen LogP contribution in [0.5, 0.6) is 0 Å². The van der Waals surface area contributed by atoms with Crippen LogP contribution in [0.25, 0.3) is 0 Å². The molecule has 2 unspecified atom stereocenters. The van der Waals surface area contributed by atoms with E-state index in [1.54, 1.807) is 0 Å². The number of halogens is 1. The van der Waals surface area contributed by atoms with Crippen LogP contribution in [-0.2, 0) is 4.79 Å². The molecule has 5 nitrogen and oxygen atoms in total. The summed E-state index contributed by atoms with van der Waals surface area (Å²) < 4.78 is 0. The Morgan fingerprint density at radius 1 is 1.35 bits per heavy atom. The Balaban J connectivity index is 2.10. The number of nitrogens with two attached hydrogens (primary N) is 1. The molecule has 1 aliphatic rings. The summed E-state index contributed by atoms with van der Waals surface area (Å²) in [7, 11) is 0. The zero-order chi connectivity index (χ0) is 14.7. The highest BCUT2D eigenvalue weighted by Crippen LogP contribution is 2.27. The summed E-state index contributed by atoms with van der Waals surface area (Å²) in [4.78, 5) is 23.1. The Bertz CT molecular complexity index is 533. The van der Waals surface area contributed by atoms with Crippen molar-refractivity contribution in [1.29, 1.82) is 0 Å². The first kappa shape index (κ1) is 14.8. The topological polar surface area (TPSA) is 92.4 Å². The highest BCUT2D eigenvalue weighted by Gasteiger charge is 2.25. The quantitative estimate of drug-likeness (QED) is 0.799. The second-order valence-corrected chi connectivity index (χ2v) is 5.52. The molecule has 1 aliphatic carbocycles. The number of carboxylic acids is 1. The molecule has 1 amide bonds. The summed E-state index contributed by atoms with van der Waals surface area (Å²) in [6, 6.07) is 4.29. The number of aromatic carboxylic acids is 1. The highest BCUT2D eigenvalue weighted by atomic mass is 35.5. The predicted octanol–water partition coefficient (Wildman–Crippen LogP) is 2.49. The molecule has 0 aliphatic heterocycles. The highest BCUT2D eigenvalue weighted by molar-refractivity contribution is 6.33. The summed E-state index contributed by atoms with van der Waals surface area (Å²) in [5.41, 5.74) is 6.28. The summed E-state index contributed by atoms with van der Waals surface area (Å²) in [5.74, 6) is -1.34. The van der Waals surface area contributed by atoms with Crippen molar-refractivity contribution >= 4 is 29.2 Å². The third kappa shape index (κ3) is 3.49. The van der Waals surface area contributed by atoms with Crippen molar-refractivity contribution in [3.63, 3.8) is 0 Å². The van der Waals surface area contributed by atoms with Gasteiger partial charge in [0.2, 0.25) is 5.91 Å². The van der Waals surface area contributed by atoms with Crippen molar-refractivity contribution in [2.24, 2.45) is 11.7 Å². The van der Waals surface area contributed by atoms with Crippen LogP contribution in [0.4, 0.5) is 5.69 Å². The largest absolute Gasteiger partial charge is 0.478 e. The molecule has 1 fully saturated rings. The Kier molecular flexibility index (Phi) is 4.62. The van der Waals surface area contributed by atoms with E-state index in [9.17, 15) is 9.59 Å². The molecular formula is C14H17ClN2O3. The number of rotatable bonds is 3. The predicted molar refractivity (Wildman–Crippen MR) is 77.0 cm³/mol. The van der Waals surface area contributed by atoms with Gasteiger partial charge in [0.05, 0.1) is 16.3 Å². The Morgan fingerprint density at radius 2 is 2.10 bits per heavy atom. The second-order valence-electron chi connectivity index (χ2n) is 5.11. The van der Waals surface area contributed by atoms with Gasteiger partial charge < -0.3 is 16.2 Å². The molecule has 0 saturated heterocycles. The van der Waals surface area contributed by atoms with E-state index in [0.29, 0.717) is 17.1 Å². The number of amides is 1. The molecule has 6 heteroatoms. The fourth-order valence-corrected chi connectivity index (χ4v) is 2.62. The molecule has 1 aromatic carbocycles. The van der Waals surface area contributed by atoms with Crippen LogP contribution in [0.3, 0.4) is 0 Å². The average molecular weight is 297 g/mol. The van der Waals surface area contributed by atoms with Gasteiger partial charge in [-0.2, -0.15) is 0 Å². The molecule has 0 heterocycles. The van der Waals surface area contributed by atoms with Gasteiger partial charge in [0.15, 0.2) is 0 Å². The van der Waals surface area contributed by atoms with E-state index in [2.05, 4.69) is 5.32 Å². The van der Waals surface area contributed by atoms with Gasteiger partial charge in [-0.25, -0.2) is 4.79 Å².